The fraction of sp³-hybridized carbons (Fsp3) is 0.500. The first-order valence-corrected chi connectivity index (χ1v) is 7.76. The molecular formula is C16H22N2O7. The molecule has 2 rings (SSSR count). The van der Waals surface area contributed by atoms with E-state index >= 15 is 0 Å². The Hall–Kier alpha value is -2.20. The van der Waals surface area contributed by atoms with Crippen LogP contribution >= 0.6 is 0 Å². The van der Waals surface area contributed by atoms with Crippen LogP contribution in [-0.4, -0.2) is 64.4 Å². The van der Waals surface area contributed by atoms with Gasteiger partial charge in [-0.25, -0.2) is 0 Å². The Balaban J connectivity index is 2.27. The summed E-state index contributed by atoms with van der Waals surface area (Å²) in [5, 5.41) is 34.6. The molecule has 0 aliphatic carbocycles. The lowest BCUT2D eigenvalue weighted by molar-refractivity contribution is -0.244. The summed E-state index contributed by atoms with van der Waals surface area (Å²) in [6.45, 7) is 2.05. The van der Waals surface area contributed by atoms with Crippen molar-refractivity contribution in [2.45, 2.75) is 44.5 Å². The molecule has 1 saturated heterocycles. The second kappa shape index (κ2) is 8.26. The SMILES string of the molecule is CC(=O)Nc1ccccc1O[C@H]1O[C@@H](CO)[C@@H](O)[C@@H](O)[C@H]1NC(C)=O. The Morgan fingerprint density at radius 2 is 1.84 bits per heavy atom. The third kappa shape index (κ3) is 4.67. The first-order chi connectivity index (χ1) is 11.8. The number of para-hydroxylation sites is 2. The van der Waals surface area contributed by atoms with Gasteiger partial charge >= 0.3 is 0 Å². The topological polar surface area (TPSA) is 137 Å². The van der Waals surface area contributed by atoms with E-state index in [0.29, 0.717) is 5.69 Å². The van der Waals surface area contributed by atoms with Crippen molar-refractivity contribution < 1.29 is 34.4 Å². The minimum Gasteiger partial charge on any atom is -0.460 e. The minimum atomic E-state index is -1.41. The quantitative estimate of drug-likeness (QED) is 0.456. The molecule has 0 bridgehead atoms. The lowest BCUT2D eigenvalue weighted by atomic mass is 9.97. The Kier molecular flexibility index (Phi) is 6.32. The van der Waals surface area contributed by atoms with Gasteiger partial charge in [0.25, 0.3) is 0 Å². The zero-order valence-corrected chi connectivity index (χ0v) is 13.9. The van der Waals surface area contributed by atoms with Crippen molar-refractivity contribution in [3.63, 3.8) is 0 Å². The number of ether oxygens (including phenoxy) is 2. The number of hydrogen-bond acceptors (Lipinski definition) is 7. The molecule has 1 aliphatic rings. The van der Waals surface area contributed by atoms with E-state index in [0.717, 1.165) is 0 Å². The Morgan fingerprint density at radius 3 is 2.44 bits per heavy atom. The monoisotopic (exact) mass is 354 g/mol. The maximum atomic E-state index is 11.4. The molecule has 5 N–H and O–H groups in total. The Labute approximate surface area is 144 Å². The number of carbonyl (C=O) groups excluding carboxylic acids is 2. The number of aliphatic hydroxyl groups is 3. The highest BCUT2D eigenvalue weighted by molar-refractivity contribution is 5.90. The number of aliphatic hydroxyl groups excluding tert-OH is 3. The van der Waals surface area contributed by atoms with Crippen LogP contribution < -0.4 is 15.4 Å². The predicted octanol–water partition coefficient (Wildman–Crippen LogP) is -1.03. The fourth-order valence-corrected chi connectivity index (χ4v) is 2.56. The van der Waals surface area contributed by atoms with Crippen LogP contribution in [0.4, 0.5) is 5.69 Å². The normalized spacial score (nSPS) is 28.9. The summed E-state index contributed by atoms with van der Waals surface area (Å²) in [6, 6.07) is 5.49. The first kappa shape index (κ1) is 19.1. The number of nitrogens with one attached hydrogen (secondary N) is 2. The number of benzene rings is 1. The van der Waals surface area contributed by atoms with Gasteiger partial charge in [-0.2, -0.15) is 0 Å². The largest absolute Gasteiger partial charge is 0.460 e. The lowest BCUT2D eigenvalue weighted by Crippen LogP contribution is -2.65. The van der Waals surface area contributed by atoms with Gasteiger partial charge in [0, 0.05) is 13.8 Å². The van der Waals surface area contributed by atoms with Gasteiger partial charge in [0.1, 0.15) is 30.1 Å². The van der Waals surface area contributed by atoms with Crippen LogP contribution in [-0.2, 0) is 14.3 Å². The molecule has 25 heavy (non-hydrogen) atoms. The van der Waals surface area contributed by atoms with Crippen LogP contribution in [0.1, 0.15) is 13.8 Å². The molecule has 1 heterocycles. The zero-order valence-electron chi connectivity index (χ0n) is 13.9. The van der Waals surface area contributed by atoms with Crippen LogP contribution in [0.5, 0.6) is 5.75 Å². The van der Waals surface area contributed by atoms with E-state index in [2.05, 4.69) is 10.6 Å². The summed E-state index contributed by atoms with van der Waals surface area (Å²) in [5.41, 5.74) is 0.376. The average molecular weight is 354 g/mol. The molecule has 1 aromatic carbocycles. The zero-order chi connectivity index (χ0) is 18.6. The maximum Gasteiger partial charge on any atom is 0.223 e. The highest BCUT2D eigenvalue weighted by Gasteiger charge is 2.46. The molecule has 0 unspecified atom stereocenters. The Bertz CT molecular complexity index is 624. The number of carbonyl (C=O) groups is 2. The Morgan fingerprint density at radius 1 is 1.16 bits per heavy atom. The van der Waals surface area contributed by atoms with Gasteiger partial charge in [-0.1, -0.05) is 12.1 Å². The second-order valence-electron chi connectivity index (χ2n) is 5.73. The number of rotatable bonds is 5. The smallest absolute Gasteiger partial charge is 0.223 e. The summed E-state index contributed by atoms with van der Waals surface area (Å²) >= 11 is 0. The molecule has 0 aromatic heterocycles. The van der Waals surface area contributed by atoms with Crippen molar-refractivity contribution in [2.75, 3.05) is 11.9 Å². The molecular weight excluding hydrogens is 332 g/mol. The molecule has 9 nitrogen and oxygen atoms in total. The maximum absolute atomic E-state index is 11.4. The summed E-state index contributed by atoms with van der Waals surface area (Å²) in [7, 11) is 0. The fourth-order valence-electron chi connectivity index (χ4n) is 2.56. The molecule has 1 aliphatic heterocycles. The molecule has 9 heteroatoms. The van der Waals surface area contributed by atoms with E-state index in [1.807, 2.05) is 0 Å². The summed E-state index contributed by atoms with van der Waals surface area (Å²) < 4.78 is 11.2. The van der Waals surface area contributed by atoms with E-state index in [-0.39, 0.29) is 11.7 Å². The van der Waals surface area contributed by atoms with E-state index in [9.17, 15) is 24.9 Å². The number of anilines is 1. The number of amides is 2. The first-order valence-electron chi connectivity index (χ1n) is 7.76. The van der Waals surface area contributed by atoms with E-state index < -0.39 is 43.2 Å². The summed E-state index contributed by atoms with van der Waals surface area (Å²) in [4.78, 5) is 22.7. The molecule has 2 amide bonds. The van der Waals surface area contributed by atoms with Gasteiger partial charge in [0.2, 0.25) is 18.1 Å². The van der Waals surface area contributed by atoms with Crippen molar-refractivity contribution in [2.24, 2.45) is 0 Å². The molecule has 0 radical (unpaired) electrons. The average Bonchev–Trinajstić information content (AvgIpc) is 2.55. The highest BCUT2D eigenvalue weighted by atomic mass is 16.7. The van der Waals surface area contributed by atoms with E-state index in [1.54, 1.807) is 24.3 Å². The van der Waals surface area contributed by atoms with Crippen molar-refractivity contribution in [3.8, 4) is 5.75 Å². The molecule has 138 valence electrons. The summed E-state index contributed by atoms with van der Waals surface area (Å²) in [6.07, 6.45) is -5.08. The molecule has 1 fully saturated rings. The van der Waals surface area contributed by atoms with Gasteiger partial charge in [0.05, 0.1) is 12.3 Å². The third-order valence-electron chi connectivity index (χ3n) is 3.69. The van der Waals surface area contributed by atoms with Crippen LogP contribution in [0, 0.1) is 0 Å². The van der Waals surface area contributed by atoms with Crippen LogP contribution in [0.25, 0.3) is 0 Å². The van der Waals surface area contributed by atoms with E-state index in [4.69, 9.17) is 9.47 Å². The molecule has 1 aromatic rings. The van der Waals surface area contributed by atoms with Crippen LogP contribution in [0.3, 0.4) is 0 Å². The summed E-state index contributed by atoms with van der Waals surface area (Å²) in [5.74, 6) is -0.507. The van der Waals surface area contributed by atoms with Gasteiger partial charge in [0.15, 0.2) is 0 Å². The lowest BCUT2D eigenvalue weighted by Gasteiger charge is -2.42. The van der Waals surface area contributed by atoms with Gasteiger partial charge in [-0.05, 0) is 12.1 Å². The van der Waals surface area contributed by atoms with Crippen molar-refractivity contribution in [3.05, 3.63) is 24.3 Å². The molecule has 5 atom stereocenters. The van der Waals surface area contributed by atoms with Gasteiger partial charge in [-0.15, -0.1) is 0 Å². The minimum absolute atomic E-state index is 0.248. The van der Waals surface area contributed by atoms with Crippen LogP contribution in [0.2, 0.25) is 0 Å². The standard InChI is InChI=1S/C16H22N2O7/c1-8(20)17-10-5-3-4-6-11(10)24-16-13(18-9(2)21)15(23)14(22)12(7-19)25-16/h3-6,12-16,19,22-23H,7H2,1-2H3,(H,17,20)(H,18,21)/t12-,13+,14+,15-,16-/m0/s1. The second-order valence-corrected chi connectivity index (χ2v) is 5.73. The third-order valence-corrected chi connectivity index (χ3v) is 3.69. The van der Waals surface area contributed by atoms with E-state index in [1.165, 1.54) is 13.8 Å². The van der Waals surface area contributed by atoms with Crippen molar-refractivity contribution in [1.82, 2.24) is 5.32 Å². The highest BCUT2D eigenvalue weighted by Crippen LogP contribution is 2.29. The number of hydrogen-bond donors (Lipinski definition) is 5. The van der Waals surface area contributed by atoms with Crippen molar-refractivity contribution >= 4 is 17.5 Å². The van der Waals surface area contributed by atoms with Crippen LogP contribution in [0.15, 0.2) is 24.3 Å². The van der Waals surface area contributed by atoms with Crippen molar-refractivity contribution in [1.29, 1.82) is 0 Å². The molecule has 0 saturated carbocycles. The predicted molar refractivity (Wildman–Crippen MR) is 86.7 cm³/mol. The van der Waals surface area contributed by atoms with Gasteiger partial charge < -0.3 is 35.4 Å². The molecule has 0 spiro atoms. The van der Waals surface area contributed by atoms with Gasteiger partial charge in [-0.3, -0.25) is 9.59 Å².